The van der Waals surface area contributed by atoms with Gasteiger partial charge in [-0.25, -0.2) is 0 Å². The molecule has 1 aliphatic rings. The standard InChI is InChI=1S/C13H16F3NOS.ClH/c14-13(15,16)18-11-3-1-10(2-4-11)9-19-12-5-7-17-8-6-12;/h1-4,12,17H,5-9H2;1H. The molecule has 0 radical (unpaired) electrons. The van der Waals surface area contributed by atoms with Gasteiger partial charge in [0.1, 0.15) is 5.75 Å². The molecule has 0 spiro atoms. The molecule has 1 aliphatic heterocycles. The third-order valence-corrected chi connectivity index (χ3v) is 4.37. The molecule has 0 bridgehead atoms. The highest BCUT2D eigenvalue weighted by Gasteiger charge is 2.30. The Kier molecular flexibility index (Phi) is 6.99. The summed E-state index contributed by atoms with van der Waals surface area (Å²) >= 11 is 1.87. The maximum Gasteiger partial charge on any atom is 0.573 e. The molecule has 1 heterocycles. The predicted octanol–water partition coefficient (Wildman–Crippen LogP) is 3.99. The number of thioether (sulfide) groups is 1. The van der Waals surface area contributed by atoms with Crippen molar-refractivity contribution in [2.24, 2.45) is 0 Å². The molecule has 0 aromatic heterocycles. The highest BCUT2D eigenvalue weighted by atomic mass is 35.5. The van der Waals surface area contributed by atoms with E-state index in [1.807, 2.05) is 11.8 Å². The molecule has 20 heavy (non-hydrogen) atoms. The second-order valence-electron chi connectivity index (χ2n) is 4.45. The number of benzene rings is 1. The van der Waals surface area contributed by atoms with Crippen molar-refractivity contribution < 1.29 is 17.9 Å². The van der Waals surface area contributed by atoms with E-state index in [0.29, 0.717) is 5.25 Å². The number of alkyl halides is 3. The van der Waals surface area contributed by atoms with Gasteiger partial charge in [0, 0.05) is 11.0 Å². The highest BCUT2D eigenvalue weighted by molar-refractivity contribution is 7.99. The molecule has 0 unspecified atom stereocenters. The zero-order valence-corrected chi connectivity index (χ0v) is 12.4. The van der Waals surface area contributed by atoms with E-state index in [2.05, 4.69) is 10.1 Å². The first-order chi connectivity index (χ1) is 9.03. The number of ether oxygens (including phenoxy) is 1. The second-order valence-corrected chi connectivity index (χ2v) is 5.74. The lowest BCUT2D eigenvalue weighted by molar-refractivity contribution is -0.274. The fraction of sp³-hybridized carbons (Fsp3) is 0.538. The Morgan fingerprint density at radius 3 is 2.30 bits per heavy atom. The molecule has 0 aliphatic carbocycles. The van der Waals surface area contributed by atoms with Gasteiger partial charge in [-0.05, 0) is 43.6 Å². The van der Waals surface area contributed by atoms with Crippen molar-refractivity contribution >= 4 is 24.2 Å². The van der Waals surface area contributed by atoms with Crippen LogP contribution in [0.3, 0.4) is 0 Å². The van der Waals surface area contributed by atoms with Crippen LogP contribution in [0.25, 0.3) is 0 Å². The lowest BCUT2D eigenvalue weighted by Crippen LogP contribution is -2.29. The lowest BCUT2D eigenvalue weighted by atomic mass is 10.2. The van der Waals surface area contributed by atoms with Crippen LogP contribution in [-0.4, -0.2) is 24.7 Å². The van der Waals surface area contributed by atoms with E-state index in [1.165, 1.54) is 12.1 Å². The van der Waals surface area contributed by atoms with Gasteiger partial charge in [-0.1, -0.05) is 12.1 Å². The molecule has 1 aromatic rings. The Labute approximate surface area is 126 Å². The minimum atomic E-state index is -4.62. The Balaban J connectivity index is 0.00000200. The minimum absolute atomic E-state index is 0. The van der Waals surface area contributed by atoms with Gasteiger partial charge in [-0.2, -0.15) is 11.8 Å². The van der Waals surface area contributed by atoms with Crippen LogP contribution >= 0.6 is 24.2 Å². The van der Waals surface area contributed by atoms with Crippen molar-refractivity contribution in [3.63, 3.8) is 0 Å². The van der Waals surface area contributed by atoms with E-state index in [0.717, 1.165) is 37.2 Å². The van der Waals surface area contributed by atoms with E-state index in [1.54, 1.807) is 12.1 Å². The molecule has 1 fully saturated rings. The lowest BCUT2D eigenvalue weighted by Gasteiger charge is -2.22. The molecule has 0 atom stereocenters. The fourth-order valence-corrected chi connectivity index (χ4v) is 3.15. The summed E-state index contributed by atoms with van der Waals surface area (Å²) < 4.78 is 39.8. The second kappa shape index (κ2) is 8.00. The third kappa shape index (κ3) is 6.24. The van der Waals surface area contributed by atoms with E-state index in [-0.39, 0.29) is 18.2 Å². The smallest absolute Gasteiger partial charge is 0.406 e. The summed E-state index contributed by atoms with van der Waals surface area (Å²) in [5.41, 5.74) is 1.03. The first-order valence-electron chi connectivity index (χ1n) is 6.20. The maximum atomic E-state index is 12.0. The summed E-state index contributed by atoms with van der Waals surface area (Å²) in [6.07, 6.45) is -2.31. The zero-order chi connectivity index (χ0) is 13.7. The van der Waals surface area contributed by atoms with Gasteiger partial charge >= 0.3 is 6.36 Å². The van der Waals surface area contributed by atoms with Crippen molar-refractivity contribution in [2.75, 3.05) is 13.1 Å². The molecule has 1 aromatic carbocycles. The highest BCUT2D eigenvalue weighted by Crippen LogP contribution is 2.27. The Bertz CT molecular complexity index is 394. The van der Waals surface area contributed by atoms with Gasteiger partial charge in [0.25, 0.3) is 0 Å². The van der Waals surface area contributed by atoms with Crippen molar-refractivity contribution in [2.45, 2.75) is 30.2 Å². The molecule has 2 nitrogen and oxygen atoms in total. The van der Waals surface area contributed by atoms with Gasteiger partial charge in [0.15, 0.2) is 0 Å². The van der Waals surface area contributed by atoms with E-state index in [9.17, 15) is 13.2 Å². The van der Waals surface area contributed by atoms with E-state index in [4.69, 9.17) is 0 Å². The molecular weight excluding hydrogens is 311 g/mol. The first-order valence-corrected chi connectivity index (χ1v) is 7.25. The number of hydrogen-bond acceptors (Lipinski definition) is 3. The van der Waals surface area contributed by atoms with Gasteiger partial charge in [0.2, 0.25) is 0 Å². The number of halogens is 4. The minimum Gasteiger partial charge on any atom is -0.406 e. The number of piperidine rings is 1. The summed E-state index contributed by atoms with van der Waals surface area (Å²) in [7, 11) is 0. The Hall–Kier alpha value is -0.590. The number of rotatable bonds is 4. The molecule has 1 saturated heterocycles. The maximum absolute atomic E-state index is 12.0. The van der Waals surface area contributed by atoms with Crippen LogP contribution in [0.5, 0.6) is 5.75 Å². The Morgan fingerprint density at radius 1 is 1.15 bits per heavy atom. The van der Waals surface area contributed by atoms with Crippen molar-refractivity contribution in [3.8, 4) is 5.75 Å². The van der Waals surface area contributed by atoms with Crippen molar-refractivity contribution in [1.29, 1.82) is 0 Å². The van der Waals surface area contributed by atoms with Crippen LogP contribution < -0.4 is 10.1 Å². The SMILES string of the molecule is Cl.FC(F)(F)Oc1ccc(CSC2CCNCC2)cc1. The van der Waals surface area contributed by atoms with Crippen molar-refractivity contribution in [1.82, 2.24) is 5.32 Å². The van der Waals surface area contributed by atoms with Crippen LogP contribution in [0.1, 0.15) is 18.4 Å². The topological polar surface area (TPSA) is 21.3 Å². The fourth-order valence-electron chi connectivity index (χ4n) is 1.96. The van der Waals surface area contributed by atoms with Crippen LogP contribution in [0.4, 0.5) is 13.2 Å². The molecule has 114 valence electrons. The molecule has 1 N–H and O–H groups in total. The largest absolute Gasteiger partial charge is 0.573 e. The van der Waals surface area contributed by atoms with Gasteiger partial charge in [0.05, 0.1) is 0 Å². The van der Waals surface area contributed by atoms with Crippen molar-refractivity contribution in [3.05, 3.63) is 29.8 Å². The average Bonchev–Trinajstić information content (AvgIpc) is 2.37. The number of nitrogens with one attached hydrogen (secondary N) is 1. The van der Waals surface area contributed by atoms with Gasteiger partial charge in [-0.3, -0.25) is 0 Å². The van der Waals surface area contributed by atoms with Crippen LogP contribution in [0.2, 0.25) is 0 Å². The Morgan fingerprint density at radius 2 is 1.75 bits per heavy atom. The van der Waals surface area contributed by atoms with Gasteiger partial charge in [-0.15, -0.1) is 25.6 Å². The van der Waals surface area contributed by atoms with Crippen LogP contribution in [-0.2, 0) is 5.75 Å². The van der Waals surface area contributed by atoms with Crippen LogP contribution in [0.15, 0.2) is 24.3 Å². The molecule has 2 rings (SSSR count). The summed E-state index contributed by atoms with van der Waals surface area (Å²) in [4.78, 5) is 0. The molecule has 0 amide bonds. The van der Waals surface area contributed by atoms with Gasteiger partial charge < -0.3 is 10.1 Å². The quantitative estimate of drug-likeness (QED) is 0.903. The zero-order valence-electron chi connectivity index (χ0n) is 10.8. The normalized spacial score (nSPS) is 16.6. The average molecular weight is 328 g/mol. The summed E-state index contributed by atoms with van der Waals surface area (Å²) in [6, 6.07) is 6.11. The predicted molar refractivity (Wildman–Crippen MR) is 77.6 cm³/mol. The monoisotopic (exact) mass is 327 g/mol. The molecule has 0 saturated carbocycles. The third-order valence-electron chi connectivity index (χ3n) is 2.93. The number of hydrogen-bond donors (Lipinski definition) is 1. The summed E-state index contributed by atoms with van der Waals surface area (Å²) in [5, 5.41) is 3.95. The van der Waals surface area contributed by atoms with Crippen LogP contribution in [0, 0.1) is 0 Å². The molecule has 7 heteroatoms. The summed E-state index contributed by atoms with van der Waals surface area (Å²) in [5.74, 6) is 0.667. The first kappa shape index (κ1) is 17.5. The molecular formula is C13H17ClF3NOS. The van der Waals surface area contributed by atoms with E-state index >= 15 is 0 Å². The van der Waals surface area contributed by atoms with E-state index < -0.39 is 6.36 Å². The summed E-state index contributed by atoms with van der Waals surface area (Å²) in [6.45, 7) is 2.10.